The Morgan fingerprint density at radius 2 is 1.96 bits per heavy atom. The van der Waals surface area contributed by atoms with Gasteiger partial charge in [0, 0.05) is 36.1 Å². The standard InChI is InChI=1S/C22H25NO3/c24-21-11-5-4-9-19(21)10-6-12-22(25)26-16-17-13-14-20(23-15-17)18-7-2-1-3-8-18/h1-3,7-8,13-15,19H,4-6,9-12,16H2. The summed E-state index contributed by atoms with van der Waals surface area (Å²) in [5, 5.41) is 0. The van der Waals surface area contributed by atoms with E-state index in [0.717, 1.165) is 48.9 Å². The summed E-state index contributed by atoms with van der Waals surface area (Å²) in [5.74, 6) is 0.320. The third kappa shape index (κ3) is 5.25. The normalized spacial score (nSPS) is 17.1. The van der Waals surface area contributed by atoms with E-state index in [-0.39, 0.29) is 18.5 Å². The number of rotatable bonds is 7. The molecule has 3 rings (SSSR count). The molecule has 1 unspecified atom stereocenters. The van der Waals surface area contributed by atoms with E-state index in [1.54, 1.807) is 6.20 Å². The summed E-state index contributed by atoms with van der Waals surface area (Å²) in [4.78, 5) is 28.1. The largest absolute Gasteiger partial charge is 0.461 e. The molecule has 136 valence electrons. The summed E-state index contributed by atoms with van der Waals surface area (Å²) in [7, 11) is 0. The number of Topliss-reactive ketones (excluding diaryl/α,β-unsaturated/α-hetero) is 1. The Morgan fingerprint density at radius 3 is 2.69 bits per heavy atom. The minimum Gasteiger partial charge on any atom is -0.461 e. The number of carbonyl (C=O) groups excluding carboxylic acids is 2. The SMILES string of the molecule is O=C(CCCC1CCCCC1=O)OCc1ccc(-c2ccccc2)nc1. The van der Waals surface area contributed by atoms with Crippen molar-refractivity contribution in [1.82, 2.24) is 4.98 Å². The molecule has 1 aliphatic carbocycles. The highest BCUT2D eigenvalue weighted by Crippen LogP contribution is 2.25. The fraction of sp³-hybridized carbons (Fsp3) is 0.409. The van der Waals surface area contributed by atoms with Gasteiger partial charge < -0.3 is 4.74 Å². The molecule has 1 aliphatic rings. The third-order valence-electron chi connectivity index (χ3n) is 4.91. The first-order valence-corrected chi connectivity index (χ1v) is 9.41. The highest BCUT2D eigenvalue weighted by atomic mass is 16.5. The van der Waals surface area contributed by atoms with Crippen LogP contribution in [-0.4, -0.2) is 16.7 Å². The highest BCUT2D eigenvalue weighted by molar-refractivity contribution is 5.81. The minimum atomic E-state index is -0.208. The van der Waals surface area contributed by atoms with Gasteiger partial charge in [0.1, 0.15) is 12.4 Å². The first-order valence-electron chi connectivity index (χ1n) is 9.41. The van der Waals surface area contributed by atoms with Gasteiger partial charge in [-0.3, -0.25) is 14.6 Å². The summed E-state index contributed by atoms with van der Waals surface area (Å²) in [6, 6.07) is 13.8. The van der Waals surface area contributed by atoms with Crippen molar-refractivity contribution < 1.29 is 14.3 Å². The molecule has 0 aliphatic heterocycles. The predicted molar refractivity (Wildman–Crippen MR) is 100 cm³/mol. The molecule has 1 aromatic carbocycles. The van der Waals surface area contributed by atoms with E-state index in [0.29, 0.717) is 18.6 Å². The van der Waals surface area contributed by atoms with Crippen LogP contribution in [0.15, 0.2) is 48.7 Å². The monoisotopic (exact) mass is 351 g/mol. The van der Waals surface area contributed by atoms with E-state index in [1.165, 1.54) is 0 Å². The molecule has 1 atom stereocenters. The molecule has 0 spiro atoms. The fourth-order valence-electron chi connectivity index (χ4n) is 3.38. The maximum Gasteiger partial charge on any atom is 0.306 e. The zero-order valence-electron chi connectivity index (χ0n) is 15.0. The molecule has 0 amide bonds. The molecule has 1 aromatic heterocycles. The van der Waals surface area contributed by atoms with Crippen molar-refractivity contribution >= 4 is 11.8 Å². The van der Waals surface area contributed by atoms with Gasteiger partial charge in [0.2, 0.25) is 0 Å². The van der Waals surface area contributed by atoms with Crippen molar-refractivity contribution in [2.75, 3.05) is 0 Å². The quantitative estimate of drug-likeness (QED) is 0.677. The van der Waals surface area contributed by atoms with Gasteiger partial charge in [-0.1, -0.05) is 42.8 Å². The Morgan fingerprint density at radius 1 is 1.12 bits per heavy atom. The number of pyridine rings is 1. The Bertz CT molecular complexity index is 725. The topological polar surface area (TPSA) is 56.3 Å². The lowest BCUT2D eigenvalue weighted by Gasteiger charge is -2.19. The lowest BCUT2D eigenvalue weighted by molar-refractivity contribution is -0.145. The third-order valence-corrected chi connectivity index (χ3v) is 4.91. The van der Waals surface area contributed by atoms with Gasteiger partial charge in [-0.2, -0.15) is 0 Å². The smallest absolute Gasteiger partial charge is 0.306 e. The zero-order valence-corrected chi connectivity index (χ0v) is 15.0. The zero-order chi connectivity index (χ0) is 18.2. The van der Waals surface area contributed by atoms with Crippen LogP contribution in [0, 0.1) is 5.92 Å². The number of carbonyl (C=O) groups is 2. The molecule has 1 fully saturated rings. The lowest BCUT2D eigenvalue weighted by Crippen LogP contribution is -2.19. The summed E-state index contributed by atoms with van der Waals surface area (Å²) in [5.41, 5.74) is 2.84. The molecular weight excluding hydrogens is 326 g/mol. The van der Waals surface area contributed by atoms with Crippen LogP contribution in [0.4, 0.5) is 0 Å². The fourth-order valence-corrected chi connectivity index (χ4v) is 3.38. The van der Waals surface area contributed by atoms with Gasteiger partial charge in [-0.05, 0) is 31.7 Å². The van der Waals surface area contributed by atoms with Crippen molar-refractivity contribution in [1.29, 1.82) is 0 Å². The van der Waals surface area contributed by atoms with E-state index in [4.69, 9.17) is 4.74 Å². The second-order valence-electron chi connectivity index (χ2n) is 6.88. The number of nitrogens with zero attached hydrogens (tertiary/aromatic N) is 1. The van der Waals surface area contributed by atoms with E-state index in [1.807, 2.05) is 42.5 Å². The average Bonchev–Trinajstić information content (AvgIpc) is 2.69. The van der Waals surface area contributed by atoms with Crippen LogP contribution in [-0.2, 0) is 20.9 Å². The van der Waals surface area contributed by atoms with Crippen molar-refractivity contribution in [3.8, 4) is 11.3 Å². The number of aromatic nitrogens is 1. The molecule has 0 bridgehead atoms. The Hall–Kier alpha value is -2.49. The van der Waals surface area contributed by atoms with Crippen LogP contribution in [0.25, 0.3) is 11.3 Å². The van der Waals surface area contributed by atoms with Gasteiger partial charge in [0.15, 0.2) is 0 Å². The van der Waals surface area contributed by atoms with Gasteiger partial charge in [-0.25, -0.2) is 0 Å². The Kier molecular flexibility index (Phi) is 6.53. The molecule has 26 heavy (non-hydrogen) atoms. The maximum atomic E-state index is 11.9. The summed E-state index contributed by atoms with van der Waals surface area (Å²) in [6.07, 6.45) is 7.49. The van der Waals surface area contributed by atoms with Crippen LogP contribution in [0.2, 0.25) is 0 Å². The van der Waals surface area contributed by atoms with Gasteiger partial charge in [0.25, 0.3) is 0 Å². The van der Waals surface area contributed by atoms with E-state index in [9.17, 15) is 9.59 Å². The predicted octanol–water partition coefficient (Wildman–Crippen LogP) is 4.72. The molecule has 2 aromatic rings. The number of hydrogen-bond acceptors (Lipinski definition) is 4. The molecular formula is C22H25NO3. The van der Waals surface area contributed by atoms with Crippen molar-refractivity contribution in [3.05, 3.63) is 54.2 Å². The summed E-state index contributed by atoms with van der Waals surface area (Å²) in [6.45, 7) is 0.239. The number of benzene rings is 1. The van der Waals surface area contributed by atoms with E-state index >= 15 is 0 Å². The summed E-state index contributed by atoms with van der Waals surface area (Å²) < 4.78 is 5.33. The van der Waals surface area contributed by atoms with Crippen molar-refractivity contribution in [2.45, 2.75) is 51.6 Å². The first kappa shape index (κ1) is 18.3. The Labute approximate surface area is 154 Å². The van der Waals surface area contributed by atoms with Crippen LogP contribution in [0.5, 0.6) is 0 Å². The molecule has 0 saturated heterocycles. The van der Waals surface area contributed by atoms with Crippen molar-refractivity contribution in [3.63, 3.8) is 0 Å². The average molecular weight is 351 g/mol. The van der Waals surface area contributed by atoms with Gasteiger partial charge >= 0.3 is 5.97 Å². The van der Waals surface area contributed by atoms with E-state index < -0.39 is 0 Å². The van der Waals surface area contributed by atoms with Crippen LogP contribution >= 0.6 is 0 Å². The van der Waals surface area contributed by atoms with E-state index in [2.05, 4.69) is 4.98 Å². The second kappa shape index (κ2) is 9.27. The van der Waals surface area contributed by atoms with Crippen LogP contribution in [0.1, 0.15) is 50.5 Å². The van der Waals surface area contributed by atoms with Crippen molar-refractivity contribution in [2.24, 2.45) is 5.92 Å². The molecule has 4 nitrogen and oxygen atoms in total. The molecule has 1 saturated carbocycles. The molecule has 1 heterocycles. The number of hydrogen-bond donors (Lipinski definition) is 0. The molecule has 0 radical (unpaired) electrons. The number of esters is 1. The maximum absolute atomic E-state index is 11.9. The van der Waals surface area contributed by atoms with Crippen LogP contribution in [0.3, 0.4) is 0 Å². The van der Waals surface area contributed by atoms with Gasteiger partial charge in [0.05, 0.1) is 5.69 Å². The number of ether oxygens (including phenoxy) is 1. The molecule has 4 heteroatoms. The highest BCUT2D eigenvalue weighted by Gasteiger charge is 2.21. The summed E-state index contributed by atoms with van der Waals surface area (Å²) >= 11 is 0. The first-order chi connectivity index (χ1) is 12.7. The van der Waals surface area contributed by atoms with Gasteiger partial charge in [-0.15, -0.1) is 0 Å². The second-order valence-corrected chi connectivity index (χ2v) is 6.88. The minimum absolute atomic E-state index is 0.159. The molecule has 0 N–H and O–H groups in total. The lowest BCUT2D eigenvalue weighted by atomic mass is 9.84. The number of ketones is 1. The Balaban J connectivity index is 1.39. The van der Waals surface area contributed by atoms with Crippen LogP contribution < -0.4 is 0 Å².